The second-order valence-electron chi connectivity index (χ2n) is 14.8. The third kappa shape index (κ3) is 4.44. The quantitative estimate of drug-likeness (QED) is 0.161. The number of hydrogen-bond donors (Lipinski definition) is 0. The lowest BCUT2D eigenvalue weighted by Gasteiger charge is -2.14. The number of rotatable bonds is 4. The second-order valence-corrected chi connectivity index (χ2v) is 14.8. The molecule has 0 atom stereocenters. The van der Waals surface area contributed by atoms with Crippen LogP contribution in [0, 0.1) is 0 Å². The average molecular weight is 711 g/mol. The lowest BCUT2D eigenvalue weighted by Crippen LogP contribution is -1.95. The molecule has 0 saturated carbocycles. The van der Waals surface area contributed by atoms with Crippen LogP contribution in [0.5, 0.6) is 0 Å². The van der Waals surface area contributed by atoms with Crippen LogP contribution < -0.4 is 0 Å². The molecule has 2 aromatic heterocycles. The van der Waals surface area contributed by atoms with Gasteiger partial charge in [0.25, 0.3) is 0 Å². The van der Waals surface area contributed by atoms with Crippen molar-refractivity contribution in [1.29, 1.82) is 0 Å². The summed E-state index contributed by atoms with van der Waals surface area (Å²) in [7, 11) is 0. The molecule has 10 aromatic carbocycles. The van der Waals surface area contributed by atoms with Gasteiger partial charge < -0.3 is 9.13 Å². The normalized spacial score (nSPS) is 11.9. The Morgan fingerprint density at radius 1 is 0.232 bits per heavy atom. The molecule has 0 aliphatic rings. The molecule has 12 rings (SSSR count). The third-order valence-corrected chi connectivity index (χ3v) is 11.9. The summed E-state index contributed by atoms with van der Waals surface area (Å²) in [6.07, 6.45) is 0. The Bertz CT molecular complexity index is 3490. The lowest BCUT2D eigenvalue weighted by molar-refractivity contribution is 1.18. The molecule has 0 aliphatic carbocycles. The minimum Gasteiger partial charge on any atom is -0.309 e. The minimum atomic E-state index is 1.15. The maximum Gasteiger partial charge on any atom is 0.0547 e. The summed E-state index contributed by atoms with van der Waals surface area (Å²) in [5.41, 5.74) is 12.0. The van der Waals surface area contributed by atoms with Crippen LogP contribution in [0.3, 0.4) is 0 Å². The van der Waals surface area contributed by atoms with Gasteiger partial charge in [-0.15, -0.1) is 0 Å². The van der Waals surface area contributed by atoms with Crippen molar-refractivity contribution in [3.63, 3.8) is 0 Å². The Kier molecular flexibility index (Phi) is 6.66. The molecule has 0 unspecified atom stereocenters. The van der Waals surface area contributed by atoms with E-state index < -0.39 is 0 Å². The van der Waals surface area contributed by atoms with E-state index in [0.29, 0.717) is 0 Å². The van der Waals surface area contributed by atoms with Gasteiger partial charge in [-0.2, -0.15) is 0 Å². The zero-order valence-electron chi connectivity index (χ0n) is 30.5. The fraction of sp³-hybridized carbons (Fsp3) is 0. The van der Waals surface area contributed by atoms with Crippen molar-refractivity contribution in [1.82, 2.24) is 9.13 Å². The standard InChI is InChI=1S/C54H34N2/c1-2-15-35(16-3-1)36-17-12-18-37(33-36)55-49-27-10-8-23-46(49)53-44(25-13-29-51(53)55)45-26-14-30-52-54(45)47-24-9-11-28-50(47)56(52)38-31-32-43-41-21-5-4-19-39(41)40-20-6-7-22-42(40)48(43)34-38/h1-34H. The van der Waals surface area contributed by atoms with Crippen LogP contribution in [0.4, 0.5) is 0 Å². The van der Waals surface area contributed by atoms with E-state index in [2.05, 4.69) is 215 Å². The van der Waals surface area contributed by atoms with Crippen LogP contribution in [0.2, 0.25) is 0 Å². The number of fused-ring (bicyclic) bond motifs is 12. The van der Waals surface area contributed by atoms with Crippen LogP contribution in [0.25, 0.3) is 110 Å². The molecule has 0 fully saturated rings. The van der Waals surface area contributed by atoms with E-state index in [1.165, 1.54) is 98.2 Å². The Morgan fingerprint density at radius 3 is 1.21 bits per heavy atom. The second kappa shape index (κ2) is 12.0. The average Bonchev–Trinajstić information content (AvgIpc) is 3.80. The molecule has 260 valence electrons. The van der Waals surface area contributed by atoms with Gasteiger partial charge in [-0.25, -0.2) is 0 Å². The lowest BCUT2D eigenvalue weighted by atomic mass is 9.94. The maximum atomic E-state index is 2.47. The van der Waals surface area contributed by atoms with E-state index in [4.69, 9.17) is 0 Å². The largest absolute Gasteiger partial charge is 0.309 e. The molecule has 2 heteroatoms. The first kappa shape index (κ1) is 31.0. The minimum absolute atomic E-state index is 1.15. The topological polar surface area (TPSA) is 9.86 Å². The van der Waals surface area contributed by atoms with Crippen molar-refractivity contribution < 1.29 is 0 Å². The Morgan fingerprint density at radius 2 is 0.643 bits per heavy atom. The zero-order valence-corrected chi connectivity index (χ0v) is 30.5. The molecule has 12 aromatic rings. The van der Waals surface area contributed by atoms with E-state index >= 15 is 0 Å². The van der Waals surface area contributed by atoms with Crippen LogP contribution in [-0.4, -0.2) is 9.13 Å². The SMILES string of the molecule is c1ccc(-c2cccc(-n3c4ccccc4c4c(-c5cccc6c5c5ccccc5n6-c5ccc6c7ccccc7c7ccccc7c6c5)cccc43)c2)cc1. The molecule has 0 aliphatic heterocycles. The highest BCUT2D eigenvalue weighted by Gasteiger charge is 2.21. The van der Waals surface area contributed by atoms with E-state index in [9.17, 15) is 0 Å². The number of aromatic nitrogens is 2. The van der Waals surface area contributed by atoms with Gasteiger partial charge in [0.1, 0.15) is 0 Å². The Labute approximate surface area is 323 Å². The van der Waals surface area contributed by atoms with Gasteiger partial charge in [0.05, 0.1) is 22.1 Å². The highest BCUT2D eigenvalue weighted by Crippen LogP contribution is 2.45. The molecule has 0 saturated heterocycles. The molecule has 0 bridgehead atoms. The Hall–Kier alpha value is -7.42. The number of benzene rings is 10. The molecule has 2 nitrogen and oxygen atoms in total. The van der Waals surface area contributed by atoms with E-state index in [-0.39, 0.29) is 0 Å². The summed E-state index contributed by atoms with van der Waals surface area (Å²) in [6.45, 7) is 0. The number of para-hydroxylation sites is 2. The van der Waals surface area contributed by atoms with Crippen molar-refractivity contribution in [3.8, 4) is 33.6 Å². The van der Waals surface area contributed by atoms with Gasteiger partial charge in [-0.3, -0.25) is 0 Å². The van der Waals surface area contributed by atoms with Crippen molar-refractivity contribution in [3.05, 3.63) is 206 Å². The van der Waals surface area contributed by atoms with Crippen LogP contribution in [0.1, 0.15) is 0 Å². The molecular formula is C54H34N2. The summed E-state index contributed by atoms with van der Waals surface area (Å²) in [5, 5.41) is 12.7. The van der Waals surface area contributed by atoms with Crippen molar-refractivity contribution in [2.24, 2.45) is 0 Å². The predicted octanol–water partition coefficient (Wildman–Crippen LogP) is 14.7. The highest BCUT2D eigenvalue weighted by atomic mass is 15.0. The number of hydrogen-bond acceptors (Lipinski definition) is 0. The van der Waals surface area contributed by atoms with Gasteiger partial charge in [0.2, 0.25) is 0 Å². The van der Waals surface area contributed by atoms with Crippen molar-refractivity contribution >= 4 is 75.9 Å². The zero-order chi connectivity index (χ0) is 36.7. The molecule has 0 spiro atoms. The van der Waals surface area contributed by atoms with Crippen LogP contribution in [-0.2, 0) is 0 Å². The van der Waals surface area contributed by atoms with Gasteiger partial charge in [-0.05, 0) is 103 Å². The van der Waals surface area contributed by atoms with Gasteiger partial charge in [0, 0.05) is 32.9 Å². The fourth-order valence-electron chi connectivity index (χ4n) is 9.53. The van der Waals surface area contributed by atoms with Gasteiger partial charge >= 0.3 is 0 Å². The number of nitrogens with zero attached hydrogens (tertiary/aromatic N) is 2. The summed E-state index contributed by atoms with van der Waals surface area (Å²) >= 11 is 0. The summed E-state index contributed by atoms with van der Waals surface area (Å²) in [6, 6.07) is 75.7. The fourth-order valence-corrected chi connectivity index (χ4v) is 9.53. The molecule has 0 radical (unpaired) electrons. The summed E-state index contributed by atoms with van der Waals surface area (Å²) < 4.78 is 4.91. The maximum absolute atomic E-state index is 2.47. The molecule has 2 heterocycles. The molecular weight excluding hydrogens is 677 g/mol. The first-order valence-corrected chi connectivity index (χ1v) is 19.4. The molecule has 0 N–H and O–H groups in total. The summed E-state index contributed by atoms with van der Waals surface area (Å²) in [5.74, 6) is 0. The van der Waals surface area contributed by atoms with E-state index in [1.807, 2.05) is 0 Å². The Balaban J connectivity index is 1.12. The van der Waals surface area contributed by atoms with Crippen molar-refractivity contribution in [2.75, 3.05) is 0 Å². The van der Waals surface area contributed by atoms with Gasteiger partial charge in [-0.1, -0.05) is 158 Å². The van der Waals surface area contributed by atoms with Crippen LogP contribution in [0.15, 0.2) is 206 Å². The molecule has 56 heavy (non-hydrogen) atoms. The predicted molar refractivity (Wildman–Crippen MR) is 239 cm³/mol. The van der Waals surface area contributed by atoms with Gasteiger partial charge in [0.15, 0.2) is 0 Å². The van der Waals surface area contributed by atoms with E-state index in [0.717, 1.165) is 11.4 Å². The monoisotopic (exact) mass is 710 g/mol. The molecule has 0 amide bonds. The van der Waals surface area contributed by atoms with Crippen LogP contribution >= 0.6 is 0 Å². The third-order valence-electron chi connectivity index (χ3n) is 11.9. The first-order chi connectivity index (χ1) is 27.8. The van der Waals surface area contributed by atoms with E-state index in [1.54, 1.807) is 0 Å². The highest BCUT2D eigenvalue weighted by molar-refractivity contribution is 6.26. The first-order valence-electron chi connectivity index (χ1n) is 19.4. The summed E-state index contributed by atoms with van der Waals surface area (Å²) in [4.78, 5) is 0. The smallest absolute Gasteiger partial charge is 0.0547 e. The van der Waals surface area contributed by atoms with Crippen molar-refractivity contribution in [2.45, 2.75) is 0 Å².